The van der Waals surface area contributed by atoms with Crippen LogP contribution in [-0.4, -0.2) is 12.0 Å². The Balaban J connectivity index is 2.97. The van der Waals surface area contributed by atoms with Crippen LogP contribution in [0, 0.1) is 5.82 Å². The quantitative estimate of drug-likeness (QED) is 0.647. The normalized spacial score (nSPS) is 9.90. The molecule has 1 aromatic rings. The van der Waals surface area contributed by atoms with Crippen molar-refractivity contribution >= 4 is 5.82 Å². The van der Waals surface area contributed by atoms with Crippen molar-refractivity contribution in [2.45, 2.75) is 13.3 Å². The monoisotopic (exact) mass is 142 g/mol. The highest BCUT2D eigenvalue weighted by molar-refractivity contribution is 5.40. The van der Waals surface area contributed by atoms with E-state index >= 15 is 0 Å². The molecular formula is C7H11FN2. The molecule has 0 saturated heterocycles. The number of hydrogen-bond donors (Lipinski definition) is 2. The Morgan fingerprint density at radius 1 is 1.70 bits per heavy atom. The Morgan fingerprint density at radius 3 is 2.70 bits per heavy atom. The number of aromatic nitrogens is 1. The van der Waals surface area contributed by atoms with E-state index < -0.39 is 0 Å². The number of rotatable bonds is 2. The summed E-state index contributed by atoms with van der Waals surface area (Å²) in [4.78, 5) is 2.79. The summed E-state index contributed by atoms with van der Waals surface area (Å²) in [5.74, 6) is 0.307. The summed E-state index contributed by atoms with van der Waals surface area (Å²) in [7, 11) is 1.69. The Morgan fingerprint density at radius 2 is 2.40 bits per heavy atom. The highest BCUT2D eigenvalue weighted by atomic mass is 19.1. The third-order valence-corrected chi connectivity index (χ3v) is 1.52. The van der Waals surface area contributed by atoms with Gasteiger partial charge >= 0.3 is 0 Å². The molecule has 0 radical (unpaired) electrons. The van der Waals surface area contributed by atoms with Gasteiger partial charge in [0.05, 0.1) is 0 Å². The van der Waals surface area contributed by atoms with Gasteiger partial charge in [-0.05, 0) is 6.42 Å². The topological polar surface area (TPSA) is 27.8 Å². The van der Waals surface area contributed by atoms with Gasteiger partial charge in [-0.15, -0.1) is 0 Å². The van der Waals surface area contributed by atoms with E-state index in [1.165, 1.54) is 0 Å². The number of anilines is 1. The molecule has 0 atom stereocenters. The molecule has 0 aliphatic heterocycles. The van der Waals surface area contributed by atoms with Crippen molar-refractivity contribution in [2.24, 2.45) is 0 Å². The molecule has 56 valence electrons. The Bertz CT molecular complexity index is 196. The minimum Gasteiger partial charge on any atom is -0.372 e. The lowest BCUT2D eigenvalue weighted by Gasteiger charge is -1.93. The summed E-state index contributed by atoms with van der Waals surface area (Å²) >= 11 is 0. The summed E-state index contributed by atoms with van der Waals surface area (Å²) in [6, 6.07) is 0. The van der Waals surface area contributed by atoms with E-state index in [0.717, 1.165) is 12.0 Å². The average Bonchev–Trinajstić information content (AvgIpc) is 2.30. The van der Waals surface area contributed by atoms with E-state index in [2.05, 4.69) is 10.3 Å². The van der Waals surface area contributed by atoms with Crippen LogP contribution in [0.2, 0.25) is 0 Å². The van der Waals surface area contributed by atoms with Crippen molar-refractivity contribution in [1.82, 2.24) is 4.98 Å². The molecule has 0 bridgehead atoms. The van der Waals surface area contributed by atoms with Gasteiger partial charge < -0.3 is 10.3 Å². The largest absolute Gasteiger partial charge is 0.372 e. The van der Waals surface area contributed by atoms with Crippen LogP contribution in [0.3, 0.4) is 0 Å². The summed E-state index contributed by atoms with van der Waals surface area (Å²) in [5, 5.41) is 2.72. The molecule has 0 saturated carbocycles. The fourth-order valence-electron chi connectivity index (χ4n) is 0.886. The Hall–Kier alpha value is -0.990. The predicted molar refractivity (Wildman–Crippen MR) is 39.7 cm³/mol. The van der Waals surface area contributed by atoms with Gasteiger partial charge in [0.2, 0.25) is 0 Å². The maximum absolute atomic E-state index is 12.9. The van der Waals surface area contributed by atoms with E-state index in [1.807, 2.05) is 6.92 Å². The van der Waals surface area contributed by atoms with E-state index in [9.17, 15) is 4.39 Å². The Labute approximate surface area is 59.5 Å². The molecule has 0 aliphatic rings. The molecule has 3 heteroatoms. The third-order valence-electron chi connectivity index (χ3n) is 1.52. The fraction of sp³-hybridized carbons (Fsp3) is 0.429. The van der Waals surface area contributed by atoms with E-state index in [1.54, 1.807) is 13.2 Å². The van der Waals surface area contributed by atoms with Crippen LogP contribution in [0.25, 0.3) is 0 Å². The second-order valence-electron chi connectivity index (χ2n) is 2.11. The molecule has 10 heavy (non-hydrogen) atoms. The van der Waals surface area contributed by atoms with E-state index in [0.29, 0.717) is 5.82 Å². The second-order valence-corrected chi connectivity index (χ2v) is 2.11. The molecule has 0 unspecified atom stereocenters. The van der Waals surface area contributed by atoms with Crippen LogP contribution in [-0.2, 0) is 6.42 Å². The lowest BCUT2D eigenvalue weighted by Crippen LogP contribution is -1.90. The van der Waals surface area contributed by atoms with Gasteiger partial charge in [0.15, 0.2) is 5.82 Å². The van der Waals surface area contributed by atoms with Crippen LogP contribution >= 0.6 is 0 Å². The lowest BCUT2D eigenvalue weighted by atomic mass is 10.2. The molecule has 2 nitrogen and oxygen atoms in total. The average molecular weight is 142 g/mol. The second kappa shape index (κ2) is 2.73. The highest BCUT2D eigenvalue weighted by Gasteiger charge is 2.06. The first-order valence-electron chi connectivity index (χ1n) is 3.33. The molecule has 0 spiro atoms. The molecule has 1 aromatic heterocycles. The molecule has 0 aliphatic carbocycles. The maximum Gasteiger partial charge on any atom is 0.168 e. The molecule has 0 fully saturated rings. The van der Waals surface area contributed by atoms with Gasteiger partial charge in [-0.2, -0.15) is 0 Å². The zero-order chi connectivity index (χ0) is 7.56. The molecule has 0 aromatic carbocycles. The van der Waals surface area contributed by atoms with Crippen LogP contribution < -0.4 is 5.32 Å². The lowest BCUT2D eigenvalue weighted by molar-refractivity contribution is 0.619. The number of aromatic amines is 1. The molecule has 0 amide bonds. The molecular weight excluding hydrogens is 131 g/mol. The number of nitrogens with one attached hydrogen (secondary N) is 2. The van der Waals surface area contributed by atoms with Gasteiger partial charge in [0, 0.05) is 18.8 Å². The SMILES string of the molecule is CCc1c[nH]c(NC)c1F. The van der Waals surface area contributed by atoms with Crippen LogP contribution in [0.4, 0.5) is 10.2 Å². The highest BCUT2D eigenvalue weighted by Crippen LogP contribution is 2.15. The minimum absolute atomic E-state index is 0.162. The maximum atomic E-state index is 12.9. The third kappa shape index (κ3) is 0.988. The van der Waals surface area contributed by atoms with Crippen LogP contribution in [0.15, 0.2) is 6.20 Å². The number of halogens is 1. The summed E-state index contributed by atoms with van der Waals surface area (Å²) in [6.07, 6.45) is 2.41. The van der Waals surface area contributed by atoms with Crippen molar-refractivity contribution in [1.29, 1.82) is 0 Å². The van der Waals surface area contributed by atoms with Crippen molar-refractivity contribution < 1.29 is 4.39 Å². The van der Waals surface area contributed by atoms with Gasteiger partial charge in [0.1, 0.15) is 5.82 Å². The van der Waals surface area contributed by atoms with Crippen molar-refractivity contribution in [3.63, 3.8) is 0 Å². The zero-order valence-corrected chi connectivity index (χ0v) is 6.16. The first kappa shape index (κ1) is 7.12. The number of aryl methyl sites for hydroxylation is 1. The van der Waals surface area contributed by atoms with E-state index in [-0.39, 0.29) is 5.82 Å². The summed E-state index contributed by atoms with van der Waals surface area (Å²) in [6.45, 7) is 1.92. The van der Waals surface area contributed by atoms with Gasteiger partial charge in [-0.1, -0.05) is 6.92 Å². The summed E-state index contributed by atoms with van der Waals surface area (Å²) < 4.78 is 12.9. The van der Waals surface area contributed by atoms with Crippen LogP contribution in [0.1, 0.15) is 12.5 Å². The molecule has 2 N–H and O–H groups in total. The van der Waals surface area contributed by atoms with E-state index in [4.69, 9.17) is 0 Å². The van der Waals surface area contributed by atoms with Gasteiger partial charge in [-0.25, -0.2) is 4.39 Å². The zero-order valence-electron chi connectivity index (χ0n) is 6.16. The summed E-state index contributed by atoms with van der Waals surface area (Å²) in [5.41, 5.74) is 0.726. The smallest absolute Gasteiger partial charge is 0.168 e. The van der Waals surface area contributed by atoms with Crippen molar-refractivity contribution in [2.75, 3.05) is 12.4 Å². The van der Waals surface area contributed by atoms with Crippen molar-refractivity contribution in [3.8, 4) is 0 Å². The number of hydrogen-bond acceptors (Lipinski definition) is 1. The Kier molecular flexibility index (Phi) is 1.94. The minimum atomic E-state index is -0.162. The fourth-order valence-corrected chi connectivity index (χ4v) is 0.886. The first-order chi connectivity index (χ1) is 4.79. The number of H-pyrrole nitrogens is 1. The van der Waals surface area contributed by atoms with Crippen LogP contribution in [0.5, 0.6) is 0 Å². The predicted octanol–water partition coefficient (Wildman–Crippen LogP) is 1.76. The first-order valence-corrected chi connectivity index (χ1v) is 3.33. The van der Waals surface area contributed by atoms with Gasteiger partial charge in [-0.3, -0.25) is 0 Å². The standard InChI is InChI=1S/C7H11FN2/c1-3-5-4-10-7(9-2)6(5)8/h4,9-10H,3H2,1-2H3. The molecule has 1 rings (SSSR count). The molecule has 1 heterocycles. The van der Waals surface area contributed by atoms with Gasteiger partial charge in [0.25, 0.3) is 0 Å². The van der Waals surface area contributed by atoms with Crippen molar-refractivity contribution in [3.05, 3.63) is 17.6 Å².